The third kappa shape index (κ3) is 1.80. The van der Waals surface area contributed by atoms with Crippen molar-refractivity contribution >= 4 is 28.5 Å². The summed E-state index contributed by atoms with van der Waals surface area (Å²) in [6, 6.07) is 5.54. The summed E-state index contributed by atoms with van der Waals surface area (Å²) < 4.78 is 0.987. The van der Waals surface area contributed by atoms with E-state index in [1.807, 2.05) is 12.1 Å². The van der Waals surface area contributed by atoms with Gasteiger partial charge in [-0.15, -0.1) is 0 Å². The van der Waals surface area contributed by atoms with Gasteiger partial charge in [-0.2, -0.15) is 0 Å². The van der Waals surface area contributed by atoms with Crippen LogP contribution in [0.3, 0.4) is 0 Å². The molecule has 1 aromatic rings. The van der Waals surface area contributed by atoms with Gasteiger partial charge in [-0.25, -0.2) is 0 Å². The second-order valence-electron chi connectivity index (χ2n) is 3.39. The molecule has 1 fully saturated rings. The molecule has 4 heteroatoms. The van der Waals surface area contributed by atoms with E-state index in [2.05, 4.69) is 15.9 Å². The maximum Gasteiger partial charge on any atom is 0.488 e. The Hall–Kier alpha value is -0.315. The van der Waals surface area contributed by atoms with Crippen LogP contribution in [0.2, 0.25) is 0 Å². The summed E-state index contributed by atoms with van der Waals surface area (Å²) in [6.07, 6.45) is 2.31. The quantitative estimate of drug-likeness (QED) is 0.758. The van der Waals surface area contributed by atoms with Gasteiger partial charge in [0.15, 0.2) is 0 Å². The van der Waals surface area contributed by atoms with Gasteiger partial charge in [0.1, 0.15) is 0 Å². The van der Waals surface area contributed by atoms with Crippen LogP contribution < -0.4 is 5.46 Å². The monoisotopic (exact) mass is 240 g/mol. The molecule has 1 aliphatic rings. The van der Waals surface area contributed by atoms with Crippen molar-refractivity contribution < 1.29 is 10.0 Å². The predicted molar refractivity (Wildman–Crippen MR) is 55.9 cm³/mol. The second kappa shape index (κ2) is 3.44. The van der Waals surface area contributed by atoms with Crippen LogP contribution in [0.15, 0.2) is 22.7 Å². The Bertz CT molecular complexity index is 323. The fourth-order valence-corrected chi connectivity index (χ4v) is 2.29. The Labute approximate surface area is 85.9 Å². The van der Waals surface area contributed by atoms with E-state index in [1.165, 1.54) is 0 Å². The van der Waals surface area contributed by atoms with E-state index < -0.39 is 7.12 Å². The number of hydrogen-bond donors (Lipinski definition) is 2. The standard InChI is InChI=1S/C9H10BBrO2/c11-8-3-1-2-7(10(12)13)9(8)6-4-5-6/h1-3,6,12-13H,4-5H2. The topological polar surface area (TPSA) is 40.5 Å². The molecule has 0 radical (unpaired) electrons. The molecule has 0 aromatic heterocycles. The molecule has 13 heavy (non-hydrogen) atoms. The lowest BCUT2D eigenvalue weighted by Gasteiger charge is -2.09. The summed E-state index contributed by atoms with van der Waals surface area (Å²) in [5, 5.41) is 18.3. The van der Waals surface area contributed by atoms with E-state index in [4.69, 9.17) is 10.0 Å². The first-order valence-corrected chi connectivity index (χ1v) is 5.14. The van der Waals surface area contributed by atoms with E-state index in [9.17, 15) is 0 Å². The van der Waals surface area contributed by atoms with Gasteiger partial charge in [0.05, 0.1) is 0 Å². The van der Waals surface area contributed by atoms with Crippen LogP contribution in [-0.2, 0) is 0 Å². The van der Waals surface area contributed by atoms with Crippen molar-refractivity contribution in [1.29, 1.82) is 0 Å². The molecule has 1 aliphatic carbocycles. The van der Waals surface area contributed by atoms with Crippen molar-refractivity contribution in [3.05, 3.63) is 28.2 Å². The first-order chi connectivity index (χ1) is 6.20. The Kier molecular flexibility index (Phi) is 2.45. The van der Waals surface area contributed by atoms with Crippen molar-refractivity contribution in [2.75, 3.05) is 0 Å². The molecular formula is C9H10BBrO2. The second-order valence-corrected chi connectivity index (χ2v) is 4.25. The van der Waals surface area contributed by atoms with Gasteiger partial charge in [0, 0.05) is 4.47 Å². The average Bonchev–Trinajstić information content (AvgIpc) is 2.86. The van der Waals surface area contributed by atoms with Crippen LogP contribution in [0.1, 0.15) is 24.3 Å². The fraction of sp³-hybridized carbons (Fsp3) is 0.333. The van der Waals surface area contributed by atoms with Crippen LogP contribution in [-0.4, -0.2) is 17.2 Å². The Morgan fingerprint density at radius 3 is 2.54 bits per heavy atom. The number of rotatable bonds is 2. The summed E-state index contributed by atoms with van der Waals surface area (Å²) in [4.78, 5) is 0. The van der Waals surface area contributed by atoms with Crippen molar-refractivity contribution in [1.82, 2.24) is 0 Å². The van der Waals surface area contributed by atoms with Gasteiger partial charge in [-0.05, 0) is 35.9 Å². The summed E-state index contributed by atoms with van der Waals surface area (Å²) in [6.45, 7) is 0. The third-order valence-corrected chi connectivity index (χ3v) is 3.04. The summed E-state index contributed by atoms with van der Waals surface area (Å²) in [5.74, 6) is 0.521. The molecule has 1 saturated carbocycles. The van der Waals surface area contributed by atoms with Gasteiger partial charge in [0.25, 0.3) is 0 Å². The Balaban J connectivity index is 2.47. The van der Waals surface area contributed by atoms with Gasteiger partial charge in [-0.1, -0.05) is 28.1 Å². The number of halogens is 1. The van der Waals surface area contributed by atoms with Crippen molar-refractivity contribution in [2.45, 2.75) is 18.8 Å². The average molecular weight is 241 g/mol. The zero-order chi connectivity index (χ0) is 9.42. The minimum atomic E-state index is -1.35. The normalized spacial score (nSPS) is 15.9. The largest absolute Gasteiger partial charge is 0.488 e. The number of benzene rings is 1. The van der Waals surface area contributed by atoms with E-state index in [0.717, 1.165) is 22.9 Å². The summed E-state index contributed by atoms with van der Waals surface area (Å²) in [5.41, 5.74) is 1.70. The van der Waals surface area contributed by atoms with Gasteiger partial charge < -0.3 is 10.0 Å². The van der Waals surface area contributed by atoms with Crippen LogP contribution in [0.5, 0.6) is 0 Å². The Morgan fingerprint density at radius 1 is 1.31 bits per heavy atom. The highest BCUT2D eigenvalue weighted by Gasteiger charge is 2.30. The Morgan fingerprint density at radius 2 is 2.00 bits per heavy atom. The molecule has 0 spiro atoms. The van der Waals surface area contributed by atoms with Gasteiger partial charge in [0.2, 0.25) is 0 Å². The van der Waals surface area contributed by atoms with Gasteiger partial charge in [-0.3, -0.25) is 0 Å². The lowest BCUT2D eigenvalue weighted by Crippen LogP contribution is -2.33. The SMILES string of the molecule is OB(O)c1cccc(Br)c1C1CC1. The minimum absolute atomic E-state index is 0.521. The zero-order valence-electron chi connectivity index (χ0n) is 7.07. The summed E-state index contributed by atoms with van der Waals surface area (Å²) >= 11 is 3.43. The van der Waals surface area contributed by atoms with Crippen molar-refractivity contribution in [3.63, 3.8) is 0 Å². The number of hydrogen-bond acceptors (Lipinski definition) is 2. The maximum absolute atomic E-state index is 9.14. The van der Waals surface area contributed by atoms with Crippen LogP contribution in [0.4, 0.5) is 0 Å². The lowest BCUT2D eigenvalue weighted by atomic mass is 9.76. The smallest absolute Gasteiger partial charge is 0.423 e. The molecule has 2 nitrogen and oxygen atoms in total. The van der Waals surface area contributed by atoms with E-state index in [1.54, 1.807) is 6.07 Å². The molecular weight excluding hydrogens is 231 g/mol. The molecule has 0 amide bonds. The fourth-order valence-electron chi connectivity index (χ4n) is 1.58. The zero-order valence-corrected chi connectivity index (χ0v) is 8.66. The predicted octanol–water partition coefficient (Wildman–Crippen LogP) is 1.01. The first-order valence-electron chi connectivity index (χ1n) is 4.34. The molecule has 0 atom stereocenters. The lowest BCUT2D eigenvalue weighted by molar-refractivity contribution is 0.425. The molecule has 2 rings (SSSR count). The highest BCUT2D eigenvalue weighted by atomic mass is 79.9. The van der Waals surface area contributed by atoms with Crippen LogP contribution in [0, 0.1) is 0 Å². The molecule has 0 unspecified atom stereocenters. The van der Waals surface area contributed by atoms with Crippen LogP contribution >= 0.6 is 15.9 Å². The maximum atomic E-state index is 9.14. The summed E-state index contributed by atoms with van der Waals surface area (Å²) in [7, 11) is -1.35. The van der Waals surface area contributed by atoms with Crippen molar-refractivity contribution in [2.24, 2.45) is 0 Å². The molecule has 1 aromatic carbocycles. The molecule has 0 aliphatic heterocycles. The van der Waals surface area contributed by atoms with E-state index in [0.29, 0.717) is 11.4 Å². The molecule has 0 bridgehead atoms. The van der Waals surface area contributed by atoms with Gasteiger partial charge >= 0.3 is 7.12 Å². The van der Waals surface area contributed by atoms with Crippen molar-refractivity contribution in [3.8, 4) is 0 Å². The molecule has 0 saturated heterocycles. The third-order valence-electron chi connectivity index (χ3n) is 2.35. The first kappa shape index (κ1) is 9.25. The highest BCUT2D eigenvalue weighted by molar-refractivity contribution is 9.10. The van der Waals surface area contributed by atoms with E-state index in [-0.39, 0.29) is 0 Å². The van der Waals surface area contributed by atoms with Crippen LogP contribution in [0.25, 0.3) is 0 Å². The molecule has 2 N–H and O–H groups in total. The minimum Gasteiger partial charge on any atom is -0.423 e. The molecule has 68 valence electrons. The van der Waals surface area contributed by atoms with E-state index >= 15 is 0 Å². The molecule has 0 heterocycles. The highest BCUT2D eigenvalue weighted by Crippen LogP contribution is 2.42.